The molecule has 14 heavy (non-hydrogen) atoms. The van der Waals surface area contributed by atoms with Crippen molar-refractivity contribution in [3.8, 4) is 0 Å². The van der Waals surface area contributed by atoms with Crippen molar-refractivity contribution in [2.45, 2.75) is 19.8 Å². The van der Waals surface area contributed by atoms with Crippen molar-refractivity contribution in [2.75, 3.05) is 32.0 Å². The molecule has 0 saturated heterocycles. The van der Waals surface area contributed by atoms with Crippen LogP contribution >= 0.6 is 0 Å². The molecule has 0 bridgehead atoms. The Balaban J connectivity index is 3.70. The topological polar surface area (TPSA) is 80.7 Å². The van der Waals surface area contributed by atoms with E-state index in [2.05, 4.69) is 0 Å². The van der Waals surface area contributed by atoms with Gasteiger partial charge in [-0.2, -0.15) is 0 Å². The third-order valence-corrected chi connectivity index (χ3v) is 2.61. The Morgan fingerprint density at radius 2 is 1.93 bits per heavy atom. The molecular formula is C8H18NO4S-. The first-order valence-corrected chi connectivity index (χ1v) is 6.34. The first-order chi connectivity index (χ1) is 6.49. The van der Waals surface area contributed by atoms with Crippen molar-refractivity contribution < 1.29 is 18.1 Å². The lowest BCUT2D eigenvalue weighted by atomic mass is 10.3. The van der Waals surface area contributed by atoms with Gasteiger partial charge in [-0.25, -0.2) is 8.42 Å². The van der Waals surface area contributed by atoms with E-state index in [1.54, 1.807) is 0 Å². The molecule has 0 aliphatic carbocycles. The maximum absolute atomic E-state index is 10.3. The Bertz CT molecular complexity index is 221. The lowest BCUT2D eigenvalue weighted by molar-refractivity contribution is 0.196. The van der Waals surface area contributed by atoms with Crippen LogP contribution in [0.3, 0.4) is 0 Å². The molecule has 0 fully saturated rings. The molecule has 0 aromatic heterocycles. The number of aliphatic hydroxyl groups excluding tert-OH is 1. The van der Waals surface area contributed by atoms with Gasteiger partial charge in [0.1, 0.15) is 0 Å². The second-order valence-corrected chi connectivity index (χ2v) is 4.70. The molecule has 0 aliphatic rings. The number of nitrogens with zero attached hydrogens (tertiary/aromatic N) is 1. The van der Waals surface area contributed by atoms with Gasteiger partial charge in [0.2, 0.25) is 0 Å². The van der Waals surface area contributed by atoms with E-state index in [0.29, 0.717) is 19.5 Å². The van der Waals surface area contributed by atoms with Crippen LogP contribution in [0, 0.1) is 0 Å². The fourth-order valence-electron chi connectivity index (χ4n) is 1.26. The summed E-state index contributed by atoms with van der Waals surface area (Å²) in [7, 11) is -4.09. The Labute approximate surface area is 85.5 Å². The smallest absolute Gasteiger partial charge is 0.0946 e. The molecule has 6 heteroatoms. The normalized spacial score (nSPS) is 12.3. The van der Waals surface area contributed by atoms with E-state index in [0.717, 1.165) is 13.0 Å². The minimum Gasteiger partial charge on any atom is -0.748 e. The molecule has 0 spiro atoms. The fraction of sp³-hybridized carbons (Fsp3) is 1.00. The van der Waals surface area contributed by atoms with Crippen LogP contribution in [0.4, 0.5) is 0 Å². The second kappa shape index (κ2) is 7.17. The molecule has 0 atom stereocenters. The van der Waals surface area contributed by atoms with Gasteiger partial charge < -0.3 is 14.6 Å². The second-order valence-electron chi connectivity index (χ2n) is 3.18. The summed E-state index contributed by atoms with van der Waals surface area (Å²) in [5, 5.41) is 8.70. The van der Waals surface area contributed by atoms with Crippen LogP contribution in [-0.2, 0) is 10.1 Å². The highest BCUT2D eigenvalue weighted by Gasteiger charge is 2.03. The zero-order valence-electron chi connectivity index (χ0n) is 8.48. The molecule has 0 heterocycles. The Kier molecular flexibility index (Phi) is 7.08. The van der Waals surface area contributed by atoms with Crippen LogP contribution in [0.25, 0.3) is 0 Å². The highest BCUT2D eigenvalue weighted by Crippen LogP contribution is 1.95. The molecule has 0 unspecified atom stereocenters. The van der Waals surface area contributed by atoms with Crippen LogP contribution in [0.2, 0.25) is 0 Å². The van der Waals surface area contributed by atoms with Crippen molar-refractivity contribution >= 4 is 10.1 Å². The Morgan fingerprint density at radius 1 is 1.29 bits per heavy atom. The maximum Gasteiger partial charge on any atom is 0.0946 e. The number of aliphatic hydroxyl groups is 1. The zero-order valence-corrected chi connectivity index (χ0v) is 9.29. The van der Waals surface area contributed by atoms with Crippen molar-refractivity contribution in [3.05, 3.63) is 0 Å². The molecule has 0 radical (unpaired) electrons. The summed E-state index contributed by atoms with van der Waals surface area (Å²) in [5.41, 5.74) is 0. The average molecular weight is 224 g/mol. The predicted molar refractivity (Wildman–Crippen MR) is 53.0 cm³/mol. The molecule has 86 valence electrons. The molecule has 0 aliphatic heterocycles. The first kappa shape index (κ1) is 13.8. The largest absolute Gasteiger partial charge is 0.748 e. The summed E-state index contributed by atoms with van der Waals surface area (Å²) in [6, 6.07) is 0. The van der Waals surface area contributed by atoms with Gasteiger partial charge in [-0.3, -0.25) is 0 Å². The van der Waals surface area contributed by atoms with E-state index in [9.17, 15) is 13.0 Å². The minimum absolute atomic E-state index is 0.0596. The van der Waals surface area contributed by atoms with Gasteiger partial charge in [-0.1, -0.05) is 6.92 Å². The summed E-state index contributed by atoms with van der Waals surface area (Å²) in [5.74, 6) is -0.321. The van der Waals surface area contributed by atoms with E-state index in [-0.39, 0.29) is 12.4 Å². The first-order valence-electron chi connectivity index (χ1n) is 4.76. The lowest BCUT2D eigenvalue weighted by Crippen LogP contribution is -2.29. The highest BCUT2D eigenvalue weighted by molar-refractivity contribution is 7.85. The van der Waals surface area contributed by atoms with E-state index in [1.165, 1.54) is 0 Å². The highest BCUT2D eigenvalue weighted by atomic mass is 32.2. The predicted octanol–water partition coefficient (Wildman–Crippen LogP) is -0.374. The molecule has 0 rings (SSSR count). The monoisotopic (exact) mass is 224 g/mol. The lowest BCUT2D eigenvalue weighted by Gasteiger charge is -2.20. The van der Waals surface area contributed by atoms with Gasteiger partial charge in [0.05, 0.1) is 16.7 Å². The van der Waals surface area contributed by atoms with Crippen molar-refractivity contribution in [3.63, 3.8) is 0 Å². The summed E-state index contributed by atoms with van der Waals surface area (Å²) < 4.78 is 30.9. The molecule has 5 nitrogen and oxygen atoms in total. The fourth-order valence-corrected chi connectivity index (χ4v) is 1.74. The standard InChI is InChI=1S/C8H19NO4S/c1-2-4-9(6-7-10)5-3-8-14(11,12)13/h10H,2-8H2,1H3,(H,11,12,13)/p-1. The van der Waals surface area contributed by atoms with Gasteiger partial charge in [-0.05, 0) is 25.9 Å². The molecular weight excluding hydrogens is 206 g/mol. The van der Waals surface area contributed by atoms with E-state index in [4.69, 9.17) is 5.11 Å². The van der Waals surface area contributed by atoms with Crippen LogP contribution in [0.1, 0.15) is 19.8 Å². The average Bonchev–Trinajstić information content (AvgIpc) is 2.02. The van der Waals surface area contributed by atoms with Crippen molar-refractivity contribution in [1.82, 2.24) is 4.90 Å². The van der Waals surface area contributed by atoms with Crippen molar-refractivity contribution in [2.24, 2.45) is 0 Å². The zero-order chi connectivity index (χ0) is 11.0. The van der Waals surface area contributed by atoms with Gasteiger partial charge in [0.25, 0.3) is 0 Å². The molecule has 1 N–H and O–H groups in total. The SMILES string of the molecule is CCCN(CCO)CCCS(=O)(=O)[O-]. The minimum atomic E-state index is -4.09. The van der Waals surface area contributed by atoms with Gasteiger partial charge in [0.15, 0.2) is 0 Å². The van der Waals surface area contributed by atoms with Gasteiger partial charge in [-0.15, -0.1) is 0 Å². The molecule has 0 aromatic rings. The van der Waals surface area contributed by atoms with Gasteiger partial charge in [0, 0.05) is 12.3 Å². The quantitative estimate of drug-likeness (QED) is 0.569. The summed E-state index contributed by atoms with van der Waals surface area (Å²) in [6.07, 6.45) is 1.29. The third kappa shape index (κ3) is 8.43. The molecule has 0 saturated carbocycles. The van der Waals surface area contributed by atoms with Crippen LogP contribution in [-0.4, -0.2) is 55.0 Å². The Morgan fingerprint density at radius 3 is 2.36 bits per heavy atom. The van der Waals surface area contributed by atoms with Gasteiger partial charge >= 0.3 is 0 Å². The van der Waals surface area contributed by atoms with Crippen molar-refractivity contribution in [1.29, 1.82) is 0 Å². The van der Waals surface area contributed by atoms with Crippen LogP contribution < -0.4 is 0 Å². The number of hydrogen-bond donors (Lipinski definition) is 1. The number of rotatable bonds is 8. The number of hydrogen-bond acceptors (Lipinski definition) is 5. The maximum atomic E-state index is 10.3. The van der Waals surface area contributed by atoms with Crippen LogP contribution in [0.15, 0.2) is 0 Å². The van der Waals surface area contributed by atoms with E-state index >= 15 is 0 Å². The third-order valence-electron chi connectivity index (χ3n) is 1.82. The summed E-state index contributed by atoms with van der Waals surface area (Å²) in [4.78, 5) is 1.95. The van der Waals surface area contributed by atoms with E-state index in [1.807, 2.05) is 11.8 Å². The molecule has 0 aromatic carbocycles. The molecule has 0 amide bonds. The summed E-state index contributed by atoms with van der Waals surface area (Å²) >= 11 is 0. The van der Waals surface area contributed by atoms with E-state index < -0.39 is 10.1 Å². The van der Waals surface area contributed by atoms with Crippen LogP contribution in [0.5, 0.6) is 0 Å². The summed E-state index contributed by atoms with van der Waals surface area (Å²) in [6.45, 7) is 3.97. The Hall–Kier alpha value is -0.170.